The number of thiazole rings is 2. The van der Waals surface area contributed by atoms with Crippen molar-refractivity contribution in [1.29, 1.82) is 0 Å². The molecule has 2 aromatic carbocycles. The van der Waals surface area contributed by atoms with Gasteiger partial charge in [-0.25, -0.2) is 9.97 Å². The summed E-state index contributed by atoms with van der Waals surface area (Å²) >= 11 is 12.7. The van der Waals surface area contributed by atoms with Crippen molar-refractivity contribution in [2.75, 3.05) is 0 Å². The Morgan fingerprint density at radius 3 is 2.59 bits per heavy atom. The molecule has 4 rings (SSSR count). The fourth-order valence-electron chi connectivity index (χ4n) is 2.12. The summed E-state index contributed by atoms with van der Waals surface area (Å²) in [6.07, 6.45) is 0. The molecule has 6 heteroatoms. The van der Waals surface area contributed by atoms with Crippen LogP contribution in [-0.2, 0) is 0 Å². The van der Waals surface area contributed by atoms with E-state index in [0.717, 1.165) is 41.0 Å². The summed E-state index contributed by atoms with van der Waals surface area (Å²) in [6, 6.07) is 13.9. The lowest BCUT2D eigenvalue weighted by Crippen LogP contribution is -1.78. The first-order valence-corrected chi connectivity index (χ1v) is 9.34. The van der Waals surface area contributed by atoms with Gasteiger partial charge in [0.15, 0.2) is 10.0 Å². The van der Waals surface area contributed by atoms with E-state index < -0.39 is 0 Å². The van der Waals surface area contributed by atoms with Crippen LogP contribution in [0.5, 0.6) is 0 Å². The van der Waals surface area contributed by atoms with Crippen LogP contribution in [0.4, 0.5) is 0 Å². The van der Waals surface area contributed by atoms with Gasteiger partial charge < -0.3 is 0 Å². The third-order valence-electron chi connectivity index (χ3n) is 3.18. The van der Waals surface area contributed by atoms with Gasteiger partial charge in [0, 0.05) is 20.4 Å². The number of aromatic nitrogens is 2. The molecule has 0 amide bonds. The fourth-order valence-corrected chi connectivity index (χ4v) is 4.48. The van der Waals surface area contributed by atoms with Crippen LogP contribution >= 0.6 is 50.2 Å². The third-order valence-corrected chi connectivity index (χ3v) is 5.94. The number of fused-ring (bicyclic) bond motifs is 1. The highest BCUT2D eigenvalue weighted by molar-refractivity contribution is 9.10. The monoisotopic (exact) mass is 406 g/mol. The van der Waals surface area contributed by atoms with E-state index >= 15 is 0 Å². The number of halogens is 2. The lowest BCUT2D eigenvalue weighted by Gasteiger charge is -1.95. The number of rotatable bonds is 2. The summed E-state index contributed by atoms with van der Waals surface area (Å²) in [5, 5.41) is 4.68. The van der Waals surface area contributed by atoms with Crippen LogP contribution in [0.25, 0.3) is 31.5 Å². The van der Waals surface area contributed by atoms with E-state index in [1.807, 2.05) is 30.3 Å². The third kappa shape index (κ3) is 2.70. The van der Waals surface area contributed by atoms with Gasteiger partial charge in [-0.1, -0.05) is 39.7 Å². The summed E-state index contributed by atoms with van der Waals surface area (Å²) in [4.78, 5) is 9.36. The standard InChI is InChI=1S/C16H8BrClN2S2/c17-10-3-1-9(2-4-10)13-8-21-15(20-13)16-19-12-6-5-11(18)7-14(12)22-16/h1-8H. The maximum absolute atomic E-state index is 6.03. The maximum Gasteiger partial charge on any atom is 0.153 e. The predicted octanol–water partition coefficient (Wildman–Crippen LogP) is 6.50. The van der Waals surface area contributed by atoms with Crippen molar-refractivity contribution in [2.24, 2.45) is 0 Å². The summed E-state index contributed by atoms with van der Waals surface area (Å²) < 4.78 is 2.15. The highest BCUT2D eigenvalue weighted by atomic mass is 79.9. The average molecular weight is 408 g/mol. The molecule has 0 bridgehead atoms. The molecule has 22 heavy (non-hydrogen) atoms. The molecule has 108 valence electrons. The Balaban J connectivity index is 1.74. The van der Waals surface area contributed by atoms with Gasteiger partial charge in [0.05, 0.1) is 15.9 Å². The van der Waals surface area contributed by atoms with Gasteiger partial charge in [-0.05, 0) is 30.3 Å². The molecule has 0 unspecified atom stereocenters. The number of hydrogen-bond donors (Lipinski definition) is 0. The summed E-state index contributed by atoms with van der Waals surface area (Å²) in [5.74, 6) is 0. The minimum atomic E-state index is 0.734. The largest absolute Gasteiger partial charge is 0.233 e. The molecule has 0 radical (unpaired) electrons. The van der Waals surface area contributed by atoms with Gasteiger partial charge in [0.2, 0.25) is 0 Å². The second kappa shape index (κ2) is 5.74. The van der Waals surface area contributed by atoms with Crippen LogP contribution in [0.3, 0.4) is 0 Å². The van der Waals surface area contributed by atoms with Gasteiger partial charge in [-0.15, -0.1) is 22.7 Å². The molecular weight excluding hydrogens is 400 g/mol. The van der Waals surface area contributed by atoms with Crippen molar-refractivity contribution in [3.05, 3.63) is 57.3 Å². The van der Waals surface area contributed by atoms with E-state index in [0.29, 0.717) is 0 Å². The SMILES string of the molecule is Clc1ccc2nc(-c3nc(-c4ccc(Br)cc4)cs3)sc2c1. The highest BCUT2D eigenvalue weighted by Gasteiger charge is 2.11. The van der Waals surface area contributed by atoms with E-state index in [1.165, 1.54) is 0 Å². The van der Waals surface area contributed by atoms with E-state index in [4.69, 9.17) is 16.6 Å². The summed E-state index contributed by atoms with van der Waals surface area (Å²) in [6.45, 7) is 0. The topological polar surface area (TPSA) is 25.8 Å². The van der Waals surface area contributed by atoms with Crippen LogP contribution < -0.4 is 0 Å². The van der Waals surface area contributed by atoms with E-state index in [1.54, 1.807) is 22.7 Å². The lowest BCUT2D eigenvalue weighted by molar-refractivity contribution is 1.37. The van der Waals surface area contributed by atoms with Crippen molar-refractivity contribution in [1.82, 2.24) is 9.97 Å². The molecule has 0 fully saturated rings. The molecule has 2 nitrogen and oxygen atoms in total. The molecule has 0 saturated heterocycles. The van der Waals surface area contributed by atoms with Crippen molar-refractivity contribution in [3.8, 4) is 21.3 Å². The van der Waals surface area contributed by atoms with Crippen molar-refractivity contribution in [2.45, 2.75) is 0 Å². The molecule has 0 N–H and O–H groups in total. The molecule has 0 aliphatic rings. The van der Waals surface area contributed by atoms with Crippen molar-refractivity contribution in [3.63, 3.8) is 0 Å². The Bertz CT molecular complexity index is 960. The second-order valence-electron chi connectivity index (χ2n) is 4.68. The molecule has 0 atom stereocenters. The quantitative estimate of drug-likeness (QED) is 0.379. The zero-order valence-corrected chi connectivity index (χ0v) is 15.1. The molecule has 4 aromatic rings. The molecule has 2 aromatic heterocycles. The Kier molecular flexibility index (Phi) is 3.74. The van der Waals surface area contributed by atoms with Crippen LogP contribution in [0.15, 0.2) is 52.3 Å². The molecule has 2 heterocycles. The van der Waals surface area contributed by atoms with E-state index in [2.05, 4.69) is 38.4 Å². The smallest absolute Gasteiger partial charge is 0.153 e. The first kappa shape index (κ1) is 14.3. The first-order chi connectivity index (χ1) is 10.7. The minimum absolute atomic E-state index is 0.734. The van der Waals surface area contributed by atoms with E-state index in [9.17, 15) is 0 Å². The van der Waals surface area contributed by atoms with Gasteiger partial charge >= 0.3 is 0 Å². The first-order valence-electron chi connectivity index (χ1n) is 6.47. The average Bonchev–Trinajstić information content (AvgIpc) is 3.13. The van der Waals surface area contributed by atoms with Gasteiger partial charge in [-0.3, -0.25) is 0 Å². The molecular formula is C16H8BrClN2S2. The fraction of sp³-hybridized carbons (Fsp3) is 0. The minimum Gasteiger partial charge on any atom is -0.233 e. The van der Waals surface area contributed by atoms with Crippen LogP contribution in [-0.4, -0.2) is 9.97 Å². The van der Waals surface area contributed by atoms with Gasteiger partial charge in [-0.2, -0.15) is 0 Å². The summed E-state index contributed by atoms with van der Waals surface area (Å²) in [7, 11) is 0. The Hall–Kier alpha value is -1.27. The summed E-state index contributed by atoms with van der Waals surface area (Å²) in [5.41, 5.74) is 3.05. The van der Waals surface area contributed by atoms with Crippen molar-refractivity contribution < 1.29 is 0 Å². The normalized spacial score (nSPS) is 11.2. The molecule has 0 spiro atoms. The van der Waals surface area contributed by atoms with Crippen LogP contribution in [0.1, 0.15) is 0 Å². The predicted molar refractivity (Wildman–Crippen MR) is 98.9 cm³/mol. The second-order valence-corrected chi connectivity index (χ2v) is 7.92. The number of hydrogen-bond acceptors (Lipinski definition) is 4. The zero-order chi connectivity index (χ0) is 15.1. The Morgan fingerprint density at radius 2 is 1.77 bits per heavy atom. The molecule has 0 aliphatic heterocycles. The lowest BCUT2D eigenvalue weighted by atomic mass is 10.2. The zero-order valence-electron chi connectivity index (χ0n) is 11.1. The Morgan fingerprint density at radius 1 is 0.955 bits per heavy atom. The van der Waals surface area contributed by atoms with Gasteiger partial charge in [0.1, 0.15) is 0 Å². The maximum atomic E-state index is 6.03. The van der Waals surface area contributed by atoms with Crippen LogP contribution in [0.2, 0.25) is 5.02 Å². The highest BCUT2D eigenvalue weighted by Crippen LogP contribution is 2.35. The number of benzene rings is 2. The Labute approximate surface area is 148 Å². The molecule has 0 saturated carbocycles. The van der Waals surface area contributed by atoms with Crippen molar-refractivity contribution >= 4 is 60.4 Å². The number of nitrogens with zero attached hydrogens (tertiary/aromatic N) is 2. The van der Waals surface area contributed by atoms with Gasteiger partial charge in [0.25, 0.3) is 0 Å². The van der Waals surface area contributed by atoms with E-state index in [-0.39, 0.29) is 0 Å². The van der Waals surface area contributed by atoms with Crippen LogP contribution in [0, 0.1) is 0 Å². The molecule has 0 aliphatic carbocycles.